The summed E-state index contributed by atoms with van der Waals surface area (Å²) in [5, 5.41) is 8.73. The number of carboxylic acids is 1. The van der Waals surface area contributed by atoms with Crippen LogP contribution < -0.4 is 10.6 Å². The summed E-state index contributed by atoms with van der Waals surface area (Å²) >= 11 is 3.40. The molecule has 6 heteroatoms. The molecule has 1 atom stereocenters. The molecule has 1 amide bonds. The number of nitrogens with two attached hydrogens (primary N) is 1. The van der Waals surface area contributed by atoms with E-state index in [2.05, 4.69) is 20.8 Å². The minimum atomic E-state index is -0.760. The molecule has 1 unspecified atom stereocenters. The Kier molecular flexibility index (Phi) is 4.65. The monoisotopic (exact) mass is 340 g/mol. The Morgan fingerprint density at radius 2 is 2.20 bits per heavy atom. The smallest absolute Gasteiger partial charge is 0.303 e. The Hall–Kier alpha value is -1.56. The number of benzene rings is 1. The van der Waals surface area contributed by atoms with E-state index in [4.69, 9.17) is 10.8 Å². The van der Waals surface area contributed by atoms with E-state index in [-0.39, 0.29) is 6.42 Å². The molecular weight excluding hydrogens is 324 g/mol. The number of carboxylic acid groups (broad SMARTS) is 1. The van der Waals surface area contributed by atoms with Gasteiger partial charge in [-0.2, -0.15) is 0 Å². The third-order valence-electron chi connectivity index (χ3n) is 3.62. The van der Waals surface area contributed by atoms with Gasteiger partial charge in [-0.1, -0.05) is 15.9 Å². The number of carbonyl (C=O) groups is 2. The van der Waals surface area contributed by atoms with Gasteiger partial charge >= 0.3 is 5.97 Å². The zero-order valence-corrected chi connectivity index (χ0v) is 12.6. The minimum Gasteiger partial charge on any atom is -0.481 e. The fourth-order valence-corrected chi connectivity index (χ4v) is 2.94. The number of hydrogen-bond acceptors (Lipinski definition) is 3. The number of amides is 1. The lowest BCUT2D eigenvalue weighted by Crippen LogP contribution is -2.24. The molecule has 3 N–H and O–H groups in total. The predicted octanol–water partition coefficient (Wildman–Crippen LogP) is 2.24. The second-order valence-electron chi connectivity index (χ2n) is 5.06. The van der Waals surface area contributed by atoms with E-state index >= 15 is 0 Å². The Morgan fingerprint density at radius 3 is 2.85 bits per heavy atom. The molecule has 1 aliphatic rings. The van der Waals surface area contributed by atoms with Crippen LogP contribution in [0.25, 0.3) is 0 Å². The highest BCUT2D eigenvalue weighted by Gasteiger charge is 2.25. The molecule has 0 radical (unpaired) electrons. The van der Waals surface area contributed by atoms with E-state index in [9.17, 15) is 9.59 Å². The number of aliphatic carboxylic acids is 1. The summed E-state index contributed by atoms with van der Waals surface area (Å²) in [6.45, 7) is 1.59. The summed E-state index contributed by atoms with van der Waals surface area (Å²) in [5.74, 6) is -0.851. The molecule has 0 aromatic heterocycles. The fraction of sp³-hybridized carbons (Fsp3) is 0.429. The van der Waals surface area contributed by atoms with Gasteiger partial charge in [-0.05, 0) is 37.0 Å². The van der Waals surface area contributed by atoms with E-state index in [0.717, 1.165) is 29.7 Å². The summed E-state index contributed by atoms with van der Waals surface area (Å²) in [6, 6.07) is 5.40. The number of anilines is 1. The SMILES string of the molecule is NC(=O)c1ccc(Br)cc1N1CCC(CCC(=O)O)C1. The van der Waals surface area contributed by atoms with Crippen molar-refractivity contribution < 1.29 is 14.7 Å². The number of primary amides is 1. The maximum absolute atomic E-state index is 11.5. The lowest BCUT2D eigenvalue weighted by Gasteiger charge is -2.21. The third kappa shape index (κ3) is 3.50. The van der Waals surface area contributed by atoms with Crippen LogP contribution in [0.2, 0.25) is 0 Å². The van der Waals surface area contributed by atoms with Gasteiger partial charge in [-0.25, -0.2) is 0 Å². The van der Waals surface area contributed by atoms with Gasteiger partial charge in [0.15, 0.2) is 0 Å². The van der Waals surface area contributed by atoms with E-state index in [1.165, 1.54) is 0 Å². The van der Waals surface area contributed by atoms with E-state index in [0.29, 0.717) is 17.9 Å². The van der Waals surface area contributed by atoms with Crippen molar-refractivity contribution in [3.05, 3.63) is 28.2 Å². The minimum absolute atomic E-state index is 0.194. The van der Waals surface area contributed by atoms with Crippen molar-refractivity contribution in [2.45, 2.75) is 19.3 Å². The zero-order valence-electron chi connectivity index (χ0n) is 11.0. The molecule has 0 aliphatic carbocycles. The van der Waals surface area contributed by atoms with Gasteiger partial charge in [-0.15, -0.1) is 0 Å². The van der Waals surface area contributed by atoms with Gasteiger partial charge < -0.3 is 15.7 Å². The largest absolute Gasteiger partial charge is 0.481 e. The third-order valence-corrected chi connectivity index (χ3v) is 4.11. The van der Waals surface area contributed by atoms with Crippen LogP contribution in [0, 0.1) is 5.92 Å². The normalized spacial score (nSPS) is 18.2. The Balaban J connectivity index is 2.11. The second kappa shape index (κ2) is 6.26. The van der Waals surface area contributed by atoms with Gasteiger partial charge in [0.1, 0.15) is 0 Å². The van der Waals surface area contributed by atoms with Crippen LogP contribution in [0.5, 0.6) is 0 Å². The number of hydrogen-bond donors (Lipinski definition) is 2. The molecule has 1 aliphatic heterocycles. The van der Waals surface area contributed by atoms with Crippen molar-refractivity contribution in [1.82, 2.24) is 0 Å². The number of halogens is 1. The van der Waals surface area contributed by atoms with Crippen LogP contribution in [-0.2, 0) is 4.79 Å². The summed E-state index contributed by atoms with van der Waals surface area (Å²) in [5.41, 5.74) is 6.74. The standard InChI is InChI=1S/C14H17BrN2O3/c15-10-2-3-11(14(16)20)12(7-10)17-6-5-9(8-17)1-4-13(18)19/h2-3,7,9H,1,4-6,8H2,(H2,16,20)(H,18,19). The average molecular weight is 341 g/mol. The predicted molar refractivity (Wildman–Crippen MR) is 79.8 cm³/mol. The lowest BCUT2D eigenvalue weighted by atomic mass is 10.0. The van der Waals surface area contributed by atoms with E-state index in [1.54, 1.807) is 12.1 Å². The first kappa shape index (κ1) is 14.8. The fourth-order valence-electron chi connectivity index (χ4n) is 2.59. The van der Waals surface area contributed by atoms with Crippen LogP contribution >= 0.6 is 15.9 Å². The van der Waals surface area contributed by atoms with Crippen LogP contribution in [0.3, 0.4) is 0 Å². The number of nitrogens with zero attached hydrogens (tertiary/aromatic N) is 1. The zero-order chi connectivity index (χ0) is 14.7. The number of rotatable bonds is 5. The van der Waals surface area contributed by atoms with Crippen LogP contribution in [0.4, 0.5) is 5.69 Å². The molecule has 1 aromatic rings. The van der Waals surface area contributed by atoms with Crippen molar-refractivity contribution in [2.24, 2.45) is 11.7 Å². The van der Waals surface area contributed by atoms with Crippen molar-refractivity contribution in [3.63, 3.8) is 0 Å². The lowest BCUT2D eigenvalue weighted by molar-refractivity contribution is -0.137. The van der Waals surface area contributed by atoms with E-state index in [1.807, 2.05) is 6.07 Å². The molecule has 0 saturated carbocycles. The molecule has 1 saturated heterocycles. The van der Waals surface area contributed by atoms with Gasteiger partial charge in [0, 0.05) is 24.0 Å². The van der Waals surface area contributed by atoms with Gasteiger partial charge in [0.25, 0.3) is 5.91 Å². The highest BCUT2D eigenvalue weighted by Crippen LogP contribution is 2.31. The van der Waals surface area contributed by atoms with E-state index < -0.39 is 11.9 Å². The summed E-state index contributed by atoms with van der Waals surface area (Å²) < 4.78 is 0.895. The Morgan fingerprint density at radius 1 is 1.45 bits per heavy atom. The van der Waals surface area contributed by atoms with Crippen LogP contribution in [0.15, 0.2) is 22.7 Å². The number of carbonyl (C=O) groups excluding carboxylic acids is 1. The molecular formula is C14H17BrN2O3. The summed E-state index contributed by atoms with van der Waals surface area (Å²) in [7, 11) is 0. The van der Waals surface area contributed by atoms with Crippen LogP contribution in [-0.4, -0.2) is 30.1 Å². The van der Waals surface area contributed by atoms with Gasteiger partial charge in [0.05, 0.1) is 11.3 Å². The molecule has 5 nitrogen and oxygen atoms in total. The van der Waals surface area contributed by atoms with Gasteiger partial charge in [-0.3, -0.25) is 9.59 Å². The van der Waals surface area contributed by atoms with Gasteiger partial charge in [0.2, 0.25) is 0 Å². The molecule has 1 fully saturated rings. The highest BCUT2D eigenvalue weighted by molar-refractivity contribution is 9.10. The molecule has 1 aromatic carbocycles. The summed E-state index contributed by atoms with van der Waals surface area (Å²) in [6.07, 6.45) is 1.81. The quantitative estimate of drug-likeness (QED) is 0.860. The highest BCUT2D eigenvalue weighted by atomic mass is 79.9. The summed E-state index contributed by atoms with van der Waals surface area (Å²) in [4.78, 5) is 24.2. The Labute approximate surface area is 125 Å². The van der Waals surface area contributed by atoms with Crippen LogP contribution in [0.1, 0.15) is 29.6 Å². The first-order valence-corrected chi connectivity index (χ1v) is 7.32. The average Bonchev–Trinajstić information content (AvgIpc) is 2.84. The van der Waals surface area contributed by atoms with Crippen molar-refractivity contribution in [2.75, 3.05) is 18.0 Å². The molecule has 0 bridgehead atoms. The Bertz CT molecular complexity index is 533. The molecule has 20 heavy (non-hydrogen) atoms. The van der Waals surface area contributed by atoms with Crippen molar-refractivity contribution >= 4 is 33.5 Å². The van der Waals surface area contributed by atoms with Crippen molar-refractivity contribution in [3.8, 4) is 0 Å². The maximum Gasteiger partial charge on any atom is 0.303 e. The topological polar surface area (TPSA) is 83.6 Å². The first-order valence-electron chi connectivity index (χ1n) is 6.53. The van der Waals surface area contributed by atoms with Crippen molar-refractivity contribution in [1.29, 1.82) is 0 Å². The molecule has 1 heterocycles. The maximum atomic E-state index is 11.5. The molecule has 2 rings (SSSR count). The second-order valence-corrected chi connectivity index (χ2v) is 5.97. The molecule has 0 spiro atoms. The first-order chi connectivity index (χ1) is 9.47. The molecule has 108 valence electrons.